The van der Waals surface area contributed by atoms with Gasteiger partial charge < -0.3 is 0 Å². The topological polar surface area (TPSA) is 12.9 Å². The molecule has 0 N–H and O–H groups in total. The molecule has 1 nitrogen and oxygen atoms in total. The van der Waals surface area contributed by atoms with Crippen LogP contribution in [0.3, 0.4) is 0 Å². The number of fused-ring (bicyclic) bond motifs is 1. The number of hydrogen-bond acceptors (Lipinski definition) is 3. The Morgan fingerprint density at radius 3 is 2.38 bits per heavy atom. The van der Waals surface area contributed by atoms with Crippen molar-refractivity contribution in [2.24, 2.45) is 0 Å². The van der Waals surface area contributed by atoms with E-state index in [1.54, 1.807) is 11.3 Å². The first-order valence-corrected chi connectivity index (χ1v) is 10.2. The van der Waals surface area contributed by atoms with E-state index >= 15 is 0 Å². The van der Waals surface area contributed by atoms with E-state index in [0.717, 1.165) is 20.7 Å². The van der Waals surface area contributed by atoms with E-state index in [4.69, 9.17) is 4.98 Å². The van der Waals surface area contributed by atoms with Crippen LogP contribution in [-0.4, -0.2) is 4.98 Å². The number of para-hydroxylation sites is 1. The van der Waals surface area contributed by atoms with Crippen LogP contribution in [0, 0.1) is 0 Å². The van der Waals surface area contributed by atoms with Crippen LogP contribution in [0.1, 0.15) is 5.56 Å². The number of aromatic nitrogens is 1. The van der Waals surface area contributed by atoms with Crippen LogP contribution in [0.25, 0.3) is 20.8 Å². The van der Waals surface area contributed by atoms with Crippen LogP contribution in [0.4, 0.5) is 0 Å². The maximum Gasteiger partial charge on any atom is 0.124 e. The predicted molar refractivity (Wildman–Crippen MR) is 109 cm³/mol. The second kappa shape index (κ2) is 7.09. The molecule has 1 aromatic heterocycles. The Morgan fingerprint density at radius 2 is 1.62 bits per heavy atom. The lowest BCUT2D eigenvalue weighted by Crippen LogP contribution is -1.82. The first-order chi connectivity index (χ1) is 11.8. The monoisotopic (exact) mass is 411 g/mol. The van der Waals surface area contributed by atoms with Crippen molar-refractivity contribution in [3.63, 3.8) is 0 Å². The van der Waals surface area contributed by atoms with E-state index in [1.165, 1.54) is 20.7 Å². The Bertz CT molecular complexity index is 926. The second-order valence-electron chi connectivity index (χ2n) is 5.43. The molecule has 0 spiro atoms. The van der Waals surface area contributed by atoms with Crippen molar-refractivity contribution in [2.75, 3.05) is 0 Å². The standard InChI is InChI=1S/C20H14BrNS2/c21-16-9-11-17(12-10-16)23-13-14-5-7-15(8-6-14)20-22-18-3-1-2-4-19(18)24-20/h1-12H,13H2. The zero-order valence-corrected chi connectivity index (χ0v) is 16.0. The maximum atomic E-state index is 4.72. The molecular weight excluding hydrogens is 398 g/mol. The summed E-state index contributed by atoms with van der Waals surface area (Å²) in [6, 6.07) is 25.5. The molecule has 1 heterocycles. The Kier molecular flexibility index (Phi) is 4.69. The lowest BCUT2D eigenvalue weighted by Gasteiger charge is -2.03. The molecule has 0 unspecified atom stereocenters. The molecule has 0 aliphatic carbocycles. The molecule has 4 aromatic rings. The van der Waals surface area contributed by atoms with Crippen LogP contribution >= 0.6 is 39.0 Å². The van der Waals surface area contributed by atoms with Gasteiger partial charge in [-0.05, 0) is 42.0 Å². The number of rotatable bonds is 4. The van der Waals surface area contributed by atoms with Crippen LogP contribution in [-0.2, 0) is 5.75 Å². The summed E-state index contributed by atoms with van der Waals surface area (Å²) in [6.07, 6.45) is 0. The summed E-state index contributed by atoms with van der Waals surface area (Å²) in [6.45, 7) is 0. The summed E-state index contributed by atoms with van der Waals surface area (Å²) in [5, 5.41) is 1.09. The molecule has 0 aliphatic heterocycles. The van der Waals surface area contributed by atoms with Gasteiger partial charge in [-0.15, -0.1) is 23.1 Å². The van der Waals surface area contributed by atoms with Crippen LogP contribution in [0.2, 0.25) is 0 Å². The van der Waals surface area contributed by atoms with Crippen molar-refractivity contribution in [1.82, 2.24) is 4.98 Å². The number of hydrogen-bond donors (Lipinski definition) is 0. The second-order valence-corrected chi connectivity index (χ2v) is 8.42. The lowest BCUT2D eigenvalue weighted by molar-refractivity contribution is 1.37. The Labute approximate surface area is 157 Å². The third kappa shape index (κ3) is 3.56. The van der Waals surface area contributed by atoms with Crippen LogP contribution in [0.15, 0.2) is 82.2 Å². The summed E-state index contributed by atoms with van der Waals surface area (Å²) in [4.78, 5) is 6.01. The average Bonchev–Trinajstić information content (AvgIpc) is 3.06. The molecular formula is C20H14BrNS2. The average molecular weight is 412 g/mol. The van der Waals surface area contributed by atoms with Crippen molar-refractivity contribution in [3.8, 4) is 10.6 Å². The molecule has 0 aliphatic rings. The van der Waals surface area contributed by atoms with Crippen LogP contribution in [0.5, 0.6) is 0 Å². The number of thiazole rings is 1. The molecule has 0 radical (unpaired) electrons. The summed E-state index contributed by atoms with van der Waals surface area (Å²) in [7, 11) is 0. The van der Waals surface area contributed by atoms with Gasteiger partial charge in [0.15, 0.2) is 0 Å². The molecule has 118 valence electrons. The van der Waals surface area contributed by atoms with E-state index in [0.29, 0.717) is 0 Å². The van der Waals surface area contributed by atoms with Gasteiger partial charge in [0, 0.05) is 20.7 Å². The number of nitrogens with zero attached hydrogens (tertiary/aromatic N) is 1. The van der Waals surface area contributed by atoms with Crippen molar-refractivity contribution < 1.29 is 0 Å². The van der Waals surface area contributed by atoms with Gasteiger partial charge >= 0.3 is 0 Å². The van der Waals surface area contributed by atoms with E-state index < -0.39 is 0 Å². The van der Waals surface area contributed by atoms with Crippen LogP contribution < -0.4 is 0 Å². The van der Waals surface area contributed by atoms with Gasteiger partial charge in [0.25, 0.3) is 0 Å². The van der Waals surface area contributed by atoms with Gasteiger partial charge in [0.2, 0.25) is 0 Å². The third-order valence-electron chi connectivity index (χ3n) is 3.71. The normalized spacial score (nSPS) is 11.0. The zero-order valence-electron chi connectivity index (χ0n) is 12.8. The summed E-state index contributed by atoms with van der Waals surface area (Å²) in [5.41, 5.74) is 3.59. The van der Waals surface area contributed by atoms with Gasteiger partial charge in [-0.1, -0.05) is 52.3 Å². The fourth-order valence-electron chi connectivity index (χ4n) is 2.44. The number of benzene rings is 3. The highest BCUT2D eigenvalue weighted by atomic mass is 79.9. The minimum atomic E-state index is 0.974. The maximum absolute atomic E-state index is 4.72. The molecule has 0 amide bonds. The number of thioether (sulfide) groups is 1. The van der Waals surface area contributed by atoms with E-state index in [2.05, 4.69) is 82.7 Å². The molecule has 0 saturated carbocycles. The molecule has 0 fully saturated rings. The highest BCUT2D eigenvalue weighted by Crippen LogP contribution is 2.31. The quantitative estimate of drug-likeness (QED) is 0.334. The Balaban J connectivity index is 1.48. The predicted octanol–water partition coefficient (Wildman–Crippen LogP) is 7.02. The van der Waals surface area contributed by atoms with Gasteiger partial charge in [0.05, 0.1) is 10.2 Å². The van der Waals surface area contributed by atoms with Crippen molar-refractivity contribution in [3.05, 3.63) is 82.8 Å². The molecule has 0 saturated heterocycles. The summed E-state index contributed by atoms with van der Waals surface area (Å²) >= 11 is 7.07. The van der Waals surface area contributed by atoms with Gasteiger partial charge in [-0.2, -0.15) is 0 Å². The first-order valence-electron chi connectivity index (χ1n) is 7.61. The minimum Gasteiger partial charge on any atom is -0.236 e. The van der Waals surface area contributed by atoms with Gasteiger partial charge in [0.1, 0.15) is 5.01 Å². The highest BCUT2D eigenvalue weighted by molar-refractivity contribution is 9.10. The molecule has 4 rings (SSSR count). The minimum absolute atomic E-state index is 0.974. The molecule has 0 atom stereocenters. The molecule has 0 bridgehead atoms. The lowest BCUT2D eigenvalue weighted by atomic mass is 10.2. The van der Waals surface area contributed by atoms with Gasteiger partial charge in [-0.25, -0.2) is 4.98 Å². The highest BCUT2D eigenvalue weighted by Gasteiger charge is 2.06. The van der Waals surface area contributed by atoms with Crippen molar-refractivity contribution >= 4 is 49.2 Å². The Hall–Kier alpha value is -1.62. The smallest absolute Gasteiger partial charge is 0.124 e. The number of halogens is 1. The fourth-order valence-corrected chi connectivity index (χ4v) is 4.53. The molecule has 3 aromatic carbocycles. The van der Waals surface area contributed by atoms with E-state index in [1.807, 2.05) is 17.8 Å². The third-order valence-corrected chi connectivity index (χ3v) is 6.41. The SMILES string of the molecule is Brc1ccc(SCc2ccc(-c3nc4ccccc4s3)cc2)cc1. The van der Waals surface area contributed by atoms with Gasteiger partial charge in [-0.3, -0.25) is 0 Å². The summed E-state index contributed by atoms with van der Waals surface area (Å²) in [5.74, 6) is 0.974. The van der Waals surface area contributed by atoms with Crippen molar-refractivity contribution in [1.29, 1.82) is 0 Å². The summed E-state index contributed by atoms with van der Waals surface area (Å²) < 4.78 is 2.36. The Morgan fingerprint density at radius 1 is 0.875 bits per heavy atom. The van der Waals surface area contributed by atoms with E-state index in [-0.39, 0.29) is 0 Å². The van der Waals surface area contributed by atoms with Crippen molar-refractivity contribution in [2.45, 2.75) is 10.6 Å². The zero-order chi connectivity index (χ0) is 16.4. The van der Waals surface area contributed by atoms with E-state index in [9.17, 15) is 0 Å². The first kappa shape index (κ1) is 15.9. The molecule has 24 heavy (non-hydrogen) atoms. The fraction of sp³-hybridized carbons (Fsp3) is 0.0500. The molecule has 4 heteroatoms. The largest absolute Gasteiger partial charge is 0.236 e.